The van der Waals surface area contributed by atoms with Gasteiger partial charge in [0.2, 0.25) is 0 Å². The highest BCUT2D eigenvalue weighted by atomic mass is 16.5. The van der Waals surface area contributed by atoms with Crippen LogP contribution in [-0.2, 0) is 9.53 Å². The van der Waals surface area contributed by atoms with Gasteiger partial charge >= 0.3 is 11.9 Å². The minimum absolute atomic E-state index is 0.0796. The molecule has 0 saturated carbocycles. The zero-order valence-corrected chi connectivity index (χ0v) is 11.2. The van der Waals surface area contributed by atoms with Crippen LogP contribution in [0.15, 0.2) is 18.3 Å². The second-order valence-corrected chi connectivity index (χ2v) is 4.36. The van der Waals surface area contributed by atoms with Crippen LogP contribution < -0.4 is 5.32 Å². The van der Waals surface area contributed by atoms with E-state index in [1.165, 1.54) is 6.20 Å². The monoisotopic (exact) mass is 266 g/mol. The Hall–Kier alpha value is -2.11. The fraction of sp³-hybridized carbons (Fsp3) is 0.462. The second-order valence-electron chi connectivity index (χ2n) is 4.36. The van der Waals surface area contributed by atoms with E-state index in [1.807, 2.05) is 0 Å². The van der Waals surface area contributed by atoms with Crippen molar-refractivity contribution in [2.75, 3.05) is 11.9 Å². The number of pyridine rings is 1. The van der Waals surface area contributed by atoms with Gasteiger partial charge in [0.1, 0.15) is 11.9 Å². The Morgan fingerprint density at radius 2 is 2.11 bits per heavy atom. The van der Waals surface area contributed by atoms with Crippen LogP contribution in [-0.4, -0.2) is 34.7 Å². The summed E-state index contributed by atoms with van der Waals surface area (Å²) in [6.07, 6.45) is 1.36. The number of ether oxygens (including phenoxy) is 1. The van der Waals surface area contributed by atoms with E-state index >= 15 is 0 Å². The van der Waals surface area contributed by atoms with E-state index in [0.29, 0.717) is 18.0 Å². The van der Waals surface area contributed by atoms with Gasteiger partial charge in [-0.1, -0.05) is 13.8 Å². The van der Waals surface area contributed by atoms with E-state index < -0.39 is 18.0 Å². The summed E-state index contributed by atoms with van der Waals surface area (Å²) in [5.74, 6) is -1.05. The molecule has 1 rings (SSSR count). The van der Waals surface area contributed by atoms with Gasteiger partial charge in [0.15, 0.2) is 0 Å². The number of aliphatic carboxylic acids is 1. The third kappa shape index (κ3) is 4.24. The van der Waals surface area contributed by atoms with E-state index in [2.05, 4.69) is 10.3 Å². The van der Waals surface area contributed by atoms with Crippen LogP contribution in [0.2, 0.25) is 0 Å². The van der Waals surface area contributed by atoms with Crippen LogP contribution in [0, 0.1) is 5.92 Å². The Bertz CT molecular complexity index is 442. The van der Waals surface area contributed by atoms with Crippen LogP contribution in [0.25, 0.3) is 0 Å². The zero-order chi connectivity index (χ0) is 14.4. The summed E-state index contributed by atoms with van der Waals surface area (Å²) in [7, 11) is 0. The van der Waals surface area contributed by atoms with Crippen molar-refractivity contribution in [2.24, 2.45) is 5.92 Å². The summed E-state index contributed by atoms with van der Waals surface area (Å²) in [6.45, 7) is 5.63. The predicted molar refractivity (Wildman–Crippen MR) is 70.1 cm³/mol. The maximum absolute atomic E-state index is 11.4. The average Bonchev–Trinajstić information content (AvgIpc) is 2.36. The van der Waals surface area contributed by atoms with Crippen LogP contribution >= 0.6 is 0 Å². The highest BCUT2D eigenvalue weighted by Crippen LogP contribution is 2.12. The van der Waals surface area contributed by atoms with Crippen molar-refractivity contribution in [1.29, 1.82) is 0 Å². The minimum atomic E-state index is -0.939. The standard InChI is InChI=1S/C13H18N2O4/c1-4-19-13(18)9-5-6-10(14-7-9)15-11(8(2)3)12(16)17/h5-8,11H,4H2,1-3H3,(H,14,15)(H,16,17)/t11-/m0/s1. The molecule has 1 atom stereocenters. The van der Waals surface area contributed by atoms with Crippen LogP contribution in [0.1, 0.15) is 31.1 Å². The van der Waals surface area contributed by atoms with Crippen molar-refractivity contribution >= 4 is 17.8 Å². The number of esters is 1. The van der Waals surface area contributed by atoms with Crippen molar-refractivity contribution in [1.82, 2.24) is 4.98 Å². The molecule has 0 aliphatic rings. The second kappa shape index (κ2) is 6.72. The van der Waals surface area contributed by atoms with Crippen molar-refractivity contribution in [2.45, 2.75) is 26.8 Å². The van der Waals surface area contributed by atoms with Crippen molar-refractivity contribution in [3.8, 4) is 0 Å². The number of carboxylic acid groups (broad SMARTS) is 1. The van der Waals surface area contributed by atoms with Crippen molar-refractivity contribution in [3.63, 3.8) is 0 Å². The Balaban J connectivity index is 2.76. The van der Waals surface area contributed by atoms with Gasteiger partial charge in [-0.3, -0.25) is 0 Å². The first kappa shape index (κ1) is 14.9. The molecule has 0 aliphatic carbocycles. The minimum Gasteiger partial charge on any atom is -0.480 e. The van der Waals surface area contributed by atoms with Gasteiger partial charge in [0.05, 0.1) is 12.2 Å². The van der Waals surface area contributed by atoms with Gasteiger partial charge in [-0.25, -0.2) is 14.6 Å². The normalized spacial score (nSPS) is 12.0. The summed E-state index contributed by atoms with van der Waals surface area (Å²) < 4.78 is 4.83. The lowest BCUT2D eigenvalue weighted by molar-refractivity contribution is -0.138. The SMILES string of the molecule is CCOC(=O)c1ccc(N[C@H](C(=O)O)C(C)C)nc1. The van der Waals surface area contributed by atoms with Gasteiger partial charge in [-0.05, 0) is 25.0 Å². The maximum Gasteiger partial charge on any atom is 0.339 e. The van der Waals surface area contributed by atoms with Gasteiger partial charge < -0.3 is 15.2 Å². The Morgan fingerprint density at radius 1 is 1.42 bits per heavy atom. The molecule has 0 bridgehead atoms. The molecule has 1 aromatic rings. The number of anilines is 1. The molecule has 0 radical (unpaired) electrons. The number of nitrogens with one attached hydrogen (secondary N) is 1. The molecule has 0 fully saturated rings. The number of hydrogen-bond donors (Lipinski definition) is 2. The Labute approximate surface area is 111 Å². The summed E-state index contributed by atoms with van der Waals surface area (Å²) in [4.78, 5) is 26.5. The fourth-order valence-corrected chi connectivity index (χ4v) is 1.49. The molecule has 0 saturated heterocycles. The number of carboxylic acids is 1. The van der Waals surface area contributed by atoms with Crippen molar-refractivity contribution in [3.05, 3.63) is 23.9 Å². The maximum atomic E-state index is 11.4. The highest BCUT2D eigenvalue weighted by Gasteiger charge is 2.21. The molecule has 104 valence electrons. The first-order chi connectivity index (χ1) is 8.95. The molecule has 0 aromatic carbocycles. The number of carbonyl (C=O) groups excluding carboxylic acids is 1. The molecule has 6 heteroatoms. The molecule has 2 N–H and O–H groups in total. The molecule has 1 heterocycles. The largest absolute Gasteiger partial charge is 0.480 e. The molecule has 19 heavy (non-hydrogen) atoms. The Morgan fingerprint density at radius 3 is 2.53 bits per heavy atom. The summed E-state index contributed by atoms with van der Waals surface area (Å²) >= 11 is 0. The summed E-state index contributed by atoms with van der Waals surface area (Å²) in [5, 5.41) is 11.9. The van der Waals surface area contributed by atoms with Crippen LogP contribution in [0.5, 0.6) is 0 Å². The first-order valence-electron chi connectivity index (χ1n) is 6.08. The summed E-state index contributed by atoms with van der Waals surface area (Å²) in [6, 6.07) is 2.39. The molecule has 0 spiro atoms. The van der Waals surface area contributed by atoms with E-state index in [0.717, 1.165) is 0 Å². The van der Waals surface area contributed by atoms with E-state index in [-0.39, 0.29) is 5.92 Å². The molecule has 0 amide bonds. The van der Waals surface area contributed by atoms with Crippen molar-refractivity contribution < 1.29 is 19.4 Å². The predicted octanol–water partition coefficient (Wildman–Crippen LogP) is 1.78. The fourth-order valence-electron chi connectivity index (χ4n) is 1.49. The number of rotatable bonds is 6. The van der Waals surface area contributed by atoms with Crippen LogP contribution in [0.4, 0.5) is 5.82 Å². The molecular weight excluding hydrogens is 248 g/mol. The highest BCUT2D eigenvalue weighted by molar-refractivity contribution is 5.89. The topological polar surface area (TPSA) is 88.5 Å². The number of carbonyl (C=O) groups is 2. The smallest absolute Gasteiger partial charge is 0.339 e. The molecule has 1 aromatic heterocycles. The zero-order valence-electron chi connectivity index (χ0n) is 11.2. The summed E-state index contributed by atoms with van der Waals surface area (Å²) in [5.41, 5.74) is 0.337. The van der Waals surface area contributed by atoms with E-state index in [4.69, 9.17) is 9.84 Å². The van der Waals surface area contributed by atoms with Gasteiger partial charge in [-0.2, -0.15) is 0 Å². The molecule has 0 unspecified atom stereocenters. The third-order valence-corrected chi connectivity index (χ3v) is 2.51. The van der Waals surface area contributed by atoms with Gasteiger partial charge in [-0.15, -0.1) is 0 Å². The molecule has 0 aliphatic heterocycles. The lowest BCUT2D eigenvalue weighted by Gasteiger charge is -2.18. The van der Waals surface area contributed by atoms with E-state index in [1.54, 1.807) is 32.9 Å². The molecular formula is C13H18N2O4. The quantitative estimate of drug-likeness (QED) is 0.763. The first-order valence-corrected chi connectivity index (χ1v) is 6.08. The van der Waals surface area contributed by atoms with E-state index in [9.17, 15) is 9.59 Å². The number of nitrogens with zero attached hydrogens (tertiary/aromatic N) is 1. The number of hydrogen-bond acceptors (Lipinski definition) is 5. The lowest BCUT2D eigenvalue weighted by Crippen LogP contribution is -2.34. The number of aromatic nitrogens is 1. The van der Waals surface area contributed by atoms with Gasteiger partial charge in [0, 0.05) is 6.20 Å². The molecule has 6 nitrogen and oxygen atoms in total. The van der Waals surface area contributed by atoms with Crippen LogP contribution in [0.3, 0.4) is 0 Å². The average molecular weight is 266 g/mol. The van der Waals surface area contributed by atoms with Gasteiger partial charge in [0.25, 0.3) is 0 Å². The Kier molecular flexibility index (Phi) is 5.29. The lowest BCUT2D eigenvalue weighted by atomic mass is 10.1. The third-order valence-electron chi connectivity index (χ3n) is 2.51.